The van der Waals surface area contributed by atoms with Gasteiger partial charge >= 0.3 is 0 Å². The number of hydrogen-bond donors (Lipinski definition) is 1. The zero-order chi connectivity index (χ0) is 13.7. The van der Waals surface area contributed by atoms with Gasteiger partial charge in [0.1, 0.15) is 5.69 Å². The van der Waals surface area contributed by atoms with Crippen LogP contribution in [0.5, 0.6) is 0 Å². The molecule has 0 aliphatic rings. The predicted molar refractivity (Wildman–Crippen MR) is 72.2 cm³/mol. The number of aromatic nitrogens is 2. The lowest BCUT2D eigenvalue weighted by Gasteiger charge is -2.16. The van der Waals surface area contributed by atoms with E-state index >= 15 is 0 Å². The first-order chi connectivity index (χ1) is 9.20. The zero-order valence-electron chi connectivity index (χ0n) is 10.8. The highest BCUT2D eigenvalue weighted by atomic mass is 16.2. The maximum atomic E-state index is 12.2. The topological polar surface area (TPSA) is 72.1 Å². The van der Waals surface area contributed by atoms with Crippen LogP contribution in [0.2, 0.25) is 0 Å². The quantitative estimate of drug-likeness (QED) is 0.892. The lowest BCUT2D eigenvalue weighted by Crippen LogP contribution is -2.27. The standard InChI is InChI=1S/C14H16N4O/c1-18(10-11-2-5-16-6-3-11)14(19)13-8-12(9-15)4-7-17-13/h2-8H,9-10,15H2,1H3. The number of amides is 1. The maximum absolute atomic E-state index is 12.2. The van der Waals surface area contributed by atoms with Crippen molar-refractivity contribution >= 4 is 5.91 Å². The van der Waals surface area contributed by atoms with Crippen LogP contribution < -0.4 is 5.73 Å². The van der Waals surface area contributed by atoms with E-state index in [0.717, 1.165) is 11.1 Å². The van der Waals surface area contributed by atoms with Crippen LogP contribution in [0.4, 0.5) is 0 Å². The van der Waals surface area contributed by atoms with E-state index in [1.165, 1.54) is 0 Å². The van der Waals surface area contributed by atoms with Crippen molar-refractivity contribution in [2.45, 2.75) is 13.1 Å². The second-order valence-electron chi connectivity index (χ2n) is 4.27. The Morgan fingerprint density at radius 1 is 1.21 bits per heavy atom. The van der Waals surface area contributed by atoms with E-state index in [9.17, 15) is 4.79 Å². The number of carbonyl (C=O) groups excluding carboxylic acids is 1. The number of rotatable bonds is 4. The van der Waals surface area contributed by atoms with Crippen molar-refractivity contribution in [3.05, 3.63) is 59.7 Å². The summed E-state index contributed by atoms with van der Waals surface area (Å²) in [6, 6.07) is 7.30. The molecule has 0 atom stereocenters. The molecule has 0 unspecified atom stereocenters. The first-order valence-electron chi connectivity index (χ1n) is 6.00. The first-order valence-corrected chi connectivity index (χ1v) is 6.00. The molecule has 0 aliphatic carbocycles. The summed E-state index contributed by atoms with van der Waals surface area (Å²) in [7, 11) is 1.75. The molecule has 2 aromatic rings. The SMILES string of the molecule is CN(Cc1ccncc1)C(=O)c1cc(CN)ccn1. The van der Waals surface area contributed by atoms with Crippen LogP contribution >= 0.6 is 0 Å². The molecule has 0 fully saturated rings. The van der Waals surface area contributed by atoms with Crippen molar-refractivity contribution in [1.29, 1.82) is 0 Å². The number of nitrogens with two attached hydrogens (primary N) is 1. The molecule has 5 heteroatoms. The summed E-state index contributed by atoms with van der Waals surface area (Å²) in [6.45, 7) is 0.923. The van der Waals surface area contributed by atoms with Crippen LogP contribution in [-0.4, -0.2) is 27.8 Å². The summed E-state index contributed by atoms with van der Waals surface area (Å²) in [5.74, 6) is -0.118. The van der Waals surface area contributed by atoms with E-state index in [0.29, 0.717) is 18.8 Å². The third kappa shape index (κ3) is 3.35. The van der Waals surface area contributed by atoms with E-state index in [4.69, 9.17) is 5.73 Å². The van der Waals surface area contributed by atoms with Crippen molar-refractivity contribution in [3.8, 4) is 0 Å². The average Bonchev–Trinajstić information content (AvgIpc) is 2.47. The predicted octanol–water partition coefficient (Wildman–Crippen LogP) is 1.21. The van der Waals surface area contributed by atoms with Crippen LogP contribution in [0.25, 0.3) is 0 Å². The summed E-state index contributed by atoms with van der Waals surface area (Å²) in [5, 5.41) is 0. The largest absolute Gasteiger partial charge is 0.336 e. The van der Waals surface area contributed by atoms with Gasteiger partial charge in [-0.1, -0.05) is 0 Å². The fourth-order valence-electron chi connectivity index (χ4n) is 1.75. The Balaban J connectivity index is 2.10. The summed E-state index contributed by atoms with van der Waals surface area (Å²) < 4.78 is 0. The summed E-state index contributed by atoms with van der Waals surface area (Å²) in [6.07, 6.45) is 5.03. The minimum absolute atomic E-state index is 0.118. The Hall–Kier alpha value is -2.27. The van der Waals surface area contributed by atoms with Crippen LogP contribution in [0.3, 0.4) is 0 Å². The zero-order valence-corrected chi connectivity index (χ0v) is 10.8. The monoisotopic (exact) mass is 256 g/mol. The minimum atomic E-state index is -0.118. The molecule has 5 nitrogen and oxygen atoms in total. The van der Waals surface area contributed by atoms with Crippen molar-refractivity contribution in [2.75, 3.05) is 7.05 Å². The van der Waals surface area contributed by atoms with E-state index < -0.39 is 0 Å². The molecule has 1 amide bonds. The third-order valence-electron chi connectivity index (χ3n) is 2.79. The molecule has 0 radical (unpaired) electrons. The summed E-state index contributed by atoms with van der Waals surface area (Å²) >= 11 is 0. The number of nitrogens with zero attached hydrogens (tertiary/aromatic N) is 3. The molecule has 19 heavy (non-hydrogen) atoms. The molecule has 0 saturated heterocycles. The van der Waals surface area contributed by atoms with Gasteiger partial charge in [-0.3, -0.25) is 14.8 Å². The molecular formula is C14H16N4O. The molecular weight excluding hydrogens is 240 g/mol. The fraction of sp³-hybridized carbons (Fsp3) is 0.214. The Morgan fingerprint density at radius 3 is 2.58 bits per heavy atom. The van der Waals surface area contributed by atoms with Gasteiger partial charge in [-0.05, 0) is 35.4 Å². The smallest absolute Gasteiger partial charge is 0.272 e. The van der Waals surface area contributed by atoms with E-state index in [-0.39, 0.29) is 5.91 Å². The Morgan fingerprint density at radius 2 is 1.89 bits per heavy atom. The molecule has 0 saturated carbocycles. The average molecular weight is 256 g/mol. The van der Waals surface area contributed by atoms with Gasteiger partial charge in [0.15, 0.2) is 0 Å². The highest BCUT2D eigenvalue weighted by molar-refractivity contribution is 5.92. The molecule has 2 heterocycles. The van der Waals surface area contributed by atoms with Crippen molar-refractivity contribution in [2.24, 2.45) is 5.73 Å². The van der Waals surface area contributed by atoms with Crippen molar-refractivity contribution in [1.82, 2.24) is 14.9 Å². The van der Waals surface area contributed by atoms with Gasteiger partial charge in [-0.2, -0.15) is 0 Å². The van der Waals surface area contributed by atoms with Gasteiger partial charge < -0.3 is 10.6 Å². The van der Waals surface area contributed by atoms with Gasteiger partial charge in [-0.25, -0.2) is 0 Å². The number of hydrogen-bond acceptors (Lipinski definition) is 4. The number of carbonyl (C=O) groups is 1. The molecule has 0 bridgehead atoms. The summed E-state index contributed by atoms with van der Waals surface area (Å²) in [4.78, 5) is 21.9. The molecule has 0 aliphatic heterocycles. The van der Waals surface area contributed by atoms with Gasteiger partial charge in [0.2, 0.25) is 0 Å². The molecule has 2 aromatic heterocycles. The van der Waals surface area contributed by atoms with Crippen molar-refractivity contribution in [3.63, 3.8) is 0 Å². The van der Waals surface area contributed by atoms with E-state index in [1.807, 2.05) is 12.1 Å². The van der Waals surface area contributed by atoms with Gasteiger partial charge in [-0.15, -0.1) is 0 Å². The second kappa shape index (κ2) is 6.06. The van der Waals surface area contributed by atoms with Gasteiger partial charge in [0, 0.05) is 38.7 Å². The summed E-state index contributed by atoms with van der Waals surface area (Å²) in [5.41, 5.74) is 7.90. The highest BCUT2D eigenvalue weighted by Gasteiger charge is 2.13. The Kier molecular flexibility index (Phi) is 4.20. The molecule has 98 valence electrons. The lowest BCUT2D eigenvalue weighted by molar-refractivity contribution is 0.0779. The van der Waals surface area contributed by atoms with Crippen LogP contribution in [0, 0.1) is 0 Å². The van der Waals surface area contributed by atoms with Gasteiger partial charge in [0.25, 0.3) is 5.91 Å². The van der Waals surface area contributed by atoms with Crippen molar-refractivity contribution < 1.29 is 4.79 Å². The fourth-order valence-corrected chi connectivity index (χ4v) is 1.75. The number of pyridine rings is 2. The Labute approximate surface area is 112 Å². The van der Waals surface area contributed by atoms with Crippen LogP contribution in [0.1, 0.15) is 21.6 Å². The normalized spacial score (nSPS) is 10.2. The molecule has 2 rings (SSSR count). The highest BCUT2D eigenvalue weighted by Crippen LogP contribution is 2.07. The minimum Gasteiger partial charge on any atom is -0.336 e. The lowest BCUT2D eigenvalue weighted by atomic mass is 10.2. The second-order valence-corrected chi connectivity index (χ2v) is 4.27. The molecule has 2 N–H and O–H groups in total. The van der Waals surface area contributed by atoms with Gasteiger partial charge in [0.05, 0.1) is 0 Å². The molecule has 0 aromatic carbocycles. The van der Waals surface area contributed by atoms with E-state index in [2.05, 4.69) is 9.97 Å². The molecule has 0 spiro atoms. The van der Waals surface area contributed by atoms with E-state index in [1.54, 1.807) is 42.7 Å². The maximum Gasteiger partial charge on any atom is 0.272 e. The van der Waals surface area contributed by atoms with Crippen LogP contribution in [0.15, 0.2) is 42.9 Å². The first kappa shape index (κ1) is 13.2. The third-order valence-corrected chi connectivity index (χ3v) is 2.79. The van der Waals surface area contributed by atoms with Crippen LogP contribution in [-0.2, 0) is 13.1 Å². The Bertz CT molecular complexity index is 556.